The fourth-order valence-electron chi connectivity index (χ4n) is 0. The second-order valence-corrected chi connectivity index (χ2v) is 0. The van der Waals surface area contributed by atoms with Crippen LogP contribution in [0.1, 0.15) is 0 Å². The Labute approximate surface area is 101 Å². The molecule has 0 amide bonds. The first-order chi connectivity index (χ1) is 0. The molecule has 0 aromatic heterocycles. The van der Waals surface area contributed by atoms with Crippen LogP contribution < -0.4 is 0 Å². The van der Waals surface area contributed by atoms with Crippen LogP contribution in [0.25, 0.3) is 0 Å². The minimum atomic E-state index is 0. The third kappa shape index (κ3) is 31.2. The molecular formula is HFNdO3Pr. The Morgan fingerprint density at radius 2 is 0.667 bits per heavy atom. The molecule has 6 heteroatoms. The molecule has 0 aromatic rings. The van der Waals surface area contributed by atoms with E-state index in [-0.39, 0.29) is 103 Å². The monoisotopic (exact) mass is 351 g/mol. The van der Waals surface area contributed by atoms with Gasteiger partial charge >= 0.3 is 82.1 Å². The van der Waals surface area contributed by atoms with Crippen molar-refractivity contribution < 1.29 is 103 Å². The number of rotatable bonds is 0. The predicted octanol–water partition coefficient (Wildman–Crippen LogP) is -0.204. The second kappa shape index (κ2) is 50.3. The van der Waals surface area contributed by atoms with Crippen molar-refractivity contribution in [2.75, 3.05) is 0 Å². The van der Waals surface area contributed by atoms with Gasteiger partial charge in [0, 0.05) is 0 Å². The molecule has 3 nitrogen and oxygen atoms in total. The normalized spacial score (nSPS) is 0. The Bertz CT molecular complexity index is 10.8. The van der Waals surface area contributed by atoms with Crippen molar-refractivity contribution in [2.24, 2.45) is 0 Å². The molecule has 0 fully saturated rings. The maximum absolute atomic E-state index is 0. The van der Waals surface area contributed by atoms with Crippen LogP contribution in [0.15, 0.2) is 0 Å². The summed E-state index contributed by atoms with van der Waals surface area (Å²) in [6.45, 7) is 0. The molecule has 0 N–H and O–H groups in total. The fourth-order valence-corrected chi connectivity index (χ4v) is 0. The van der Waals surface area contributed by atoms with Gasteiger partial charge < -0.3 is 16.4 Å². The van der Waals surface area contributed by atoms with Gasteiger partial charge in [0.1, 0.15) is 0 Å². The van der Waals surface area contributed by atoms with E-state index < -0.39 is 0 Å². The van der Waals surface area contributed by atoms with Gasteiger partial charge in [0.2, 0.25) is 0 Å². The van der Waals surface area contributed by atoms with Crippen LogP contribution >= 0.6 is 0 Å². The van der Waals surface area contributed by atoms with Crippen LogP contribution in [0.2, 0.25) is 0 Å². The van der Waals surface area contributed by atoms with Crippen LogP contribution in [0.4, 0.5) is 4.70 Å². The smallest absolute Gasteiger partial charge is 2.00 e. The molecule has 0 saturated heterocycles. The topological polar surface area (TPSA) is 85.5 Å². The number of halogens is 1. The van der Waals surface area contributed by atoms with E-state index >= 15 is 0 Å². The van der Waals surface area contributed by atoms with Gasteiger partial charge in [0.25, 0.3) is 0 Å². The summed E-state index contributed by atoms with van der Waals surface area (Å²) in [6, 6.07) is 0. The van der Waals surface area contributed by atoms with Crippen molar-refractivity contribution in [3.05, 3.63) is 0 Å². The zero-order valence-corrected chi connectivity index (χ0v) is 9.62. The Morgan fingerprint density at radius 1 is 0.667 bits per heavy atom. The zero-order valence-electron chi connectivity index (χ0n) is 2.71. The van der Waals surface area contributed by atoms with Gasteiger partial charge in [-0.25, -0.2) is 0 Å². The molecular weight excluding hydrogens is 352 g/mol. The van der Waals surface area contributed by atoms with Gasteiger partial charge in [-0.2, -0.15) is 0 Å². The van der Waals surface area contributed by atoms with E-state index in [0.717, 1.165) is 0 Å². The summed E-state index contributed by atoms with van der Waals surface area (Å²) in [4.78, 5) is 0. The van der Waals surface area contributed by atoms with E-state index in [9.17, 15) is 0 Å². The van der Waals surface area contributed by atoms with Crippen LogP contribution in [0.3, 0.4) is 0 Å². The molecule has 0 aromatic carbocycles. The first kappa shape index (κ1) is 75.7. The summed E-state index contributed by atoms with van der Waals surface area (Å²) in [5, 5.41) is 0. The zero-order chi connectivity index (χ0) is 0. The van der Waals surface area contributed by atoms with Gasteiger partial charge in [-0.05, 0) is 0 Å². The third-order valence-electron chi connectivity index (χ3n) is 0. The molecule has 0 rings (SSSR count). The maximum Gasteiger partial charge on any atom is 3.00 e. The van der Waals surface area contributed by atoms with Crippen molar-refractivity contribution >= 4 is 0 Å². The van der Waals surface area contributed by atoms with Crippen molar-refractivity contribution in [1.29, 1.82) is 0 Å². The molecule has 0 aliphatic carbocycles. The van der Waals surface area contributed by atoms with Gasteiger partial charge in [-0.1, -0.05) is 0 Å². The molecule has 6 heavy (non-hydrogen) atoms. The SMILES string of the molecule is F.[Nd+3].[O-2].[O-2].[O-2].[Pr+3]. The molecule has 0 bridgehead atoms. The van der Waals surface area contributed by atoms with Crippen molar-refractivity contribution in [3.63, 3.8) is 0 Å². The molecule has 0 aliphatic heterocycles. The van der Waals surface area contributed by atoms with Gasteiger partial charge in [-0.15, -0.1) is 0 Å². The average Bonchev–Trinajstić information content (AvgIpc) is 0. The minimum absolute atomic E-state index is 0. The van der Waals surface area contributed by atoms with Gasteiger partial charge in [0.15, 0.2) is 0 Å². The summed E-state index contributed by atoms with van der Waals surface area (Å²) in [7, 11) is 0. The van der Waals surface area contributed by atoms with Crippen LogP contribution in [-0.2, 0) is 16.4 Å². The summed E-state index contributed by atoms with van der Waals surface area (Å²) in [5.74, 6) is 0. The van der Waals surface area contributed by atoms with E-state index in [0.29, 0.717) is 0 Å². The molecule has 1 radical (unpaired) electrons. The van der Waals surface area contributed by atoms with Gasteiger partial charge in [0.05, 0.1) is 0 Å². The molecule has 33 valence electrons. The Balaban J connectivity index is 0. The van der Waals surface area contributed by atoms with Crippen molar-refractivity contribution in [2.45, 2.75) is 0 Å². The maximum atomic E-state index is 0. The van der Waals surface area contributed by atoms with Crippen molar-refractivity contribution in [3.8, 4) is 0 Å². The van der Waals surface area contributed by atoms with Crippen molar-refractivity contribution in [1.82, 2.24) is 0 Å². The Morgan fingerprint density at radius 3 is 0.667 bits per heavy atom. The first-order valence-electron chi connectivity index (χ1n) is 0. The van der Waals surface area contributed by atoms with E-state index in [1.54, 1.807) is 0 Å². The summed E-state index contributed by atoms with van der Waals surface area (Å²) < 4.78 is 0. The number of hydrogen-bond donors (Lipinski definition) is 0. The fraction of sp³-hybridized carbons (Fsp3) is 0. The predicted molar refractivity (Wildman–Crippen MR) is 4.56 cm³/mol. The summed E-state index contributed by atoms with van der Waals surface area (Å²) in [6.07, 6.45) is 0. The molecule has 0 spiro atoms. The third-order valence-corrected chi connectivity index (χ3v) is 0. The molecule has 0 atom stereocenters. The van der Waals surface area contributed by atoms with Crippen LogP contribution in [-0.4, -0.2) is 0 Å². The summed E-state index contributed by atoms with van der Waals surface area (Å²) >= 11 is 0. The quantitative estimate of drug-likeness (QED) is 0.578. The molecule has 0 heterocycles. The molecule has 0 saturated carbocycles. The standard InChI is InChI=1S/FH.Nd.3O.Pr/h1H;;;;;/q;+3;3*-2;+3. The Kier molecular flexibility index (Phi) is 634. The van der Waals surface area contributed by atoms with Crippen LogP contribution in [0, 0.1) is 82.1 Å². The largest absolute Gasteiger partial charge is 3.00 e. The van der Waals surface area contributed by atoms with E-state index in [4.69, 9.17) is 0 Å². The average molecular weight is 353 g/mol. The van der Waals surface area contributed by atoms with E-state index in [1.807, 2.05) is 0 Å². The first-order valence-corrected chi connectivity index (χ1v) is 0. The van der Waals surface area contributed by atoms with E-state index in [1.165, 1.54) is 0 Å². The second-order valence-electron chi connectivity index (χ2n) is 0. The van der Waals surface area contributed by atoms with E-state index in [2.05, 4.69) is 0 Å². The van der Waals surface area contributed by atoms with Crippen LogP contribution in [0.5, 0.6) is 0 Å². The molecule has 0 unspecified atom stereocenters. The number of hydrogen-bond acceptors (Lipinski definition) is 0. The van der Waals surface area contributed by atoms with Gasteiger partial charge in [-0.3, -0.25) is 4.70 Å². The summed E-state index contributed by atoms with van der Waals surface area (Å²) in [5.41, 5.74) is 0. The minimum Gasteiger partial charge on any atom is -2.00 e. The molecule has 0 aliphatic rings. The Hall–Kier alpha value is 2.52.